The van der Waals surface area contributed by atoms with E-state index in [1.807, 2.05) is 31.3 Å². The van der Waals surface area contributed by atoms with Crippen molar-refractivity contribution in [3.05, 3.63) is 99.6 Å². The maximum Gasteiger partial charge on any atom is 0.337 e. The number of carbonyl (C=O) groups excluding carboxylic acids is 1. The minimum absolute atomic E-state index is 0.0129. The number of benzene rings is 3. The molecule has 11 nitrogen and oxygen atoms in total. The minimum Gasteiger partial charge on any atom is -0.465 e. The first kappa shape index (κ1) is 32.8. The van der Waals surface area contributed by atoms with Crippen molar-refractivity contribution in [1.82, 2.24) is 24.0 Å². The molecule has 2 aromatic heterocycles. The van der Waals surface area contributed by atoms with E-state index in [1.165, 1.54) is 13.2 Å². The number of imidazole rings is 2. The van der Waals surface area contributed by atoms with Crippen molar-refractivity contribution in [1.29, 1.82) is 0 Å². The summed E-state index contributed by atoms with van der Waals surface area (Å²) in [6, 6.07) is 13.7. The monoisotopic (exact) mass is 720 g/mol. The number of carbonyl (C=O) groups is 1. The Morgan fingerprint density at radius 1 is 1.08 bits per heavy atom. The molecule has 14 heteroatoms. The highest BCUT2D eigenvalue weighted by molar-refractivity contribution is 6.35. The van der Waals surface area contributed by atoms with Crippen molar-refractivity contribution in [2.45, 2.75) is 51.4 Å². The Morgan fingerprint density at radius 3 is 2.70 bits per heavy atom. The summed E-state index contributed by atoms with van der Waals surface area (Å²) in [5.74, 6) is 0.533. The fourth-order valence-corrected chi connectivity index (χ4v) is 7.83. The smallest absolute Gasteiger partial charge is 0.337 e. The third kappa shape index (κ3) is 5.64. The molecule has 8 rings (SSSR count). The summed E-state index contributed by atoms with van der Waals surface area (Å²) in [4.78, 5) is 26.6. The third-order valence-electron chi connectivity index (χ3n) is 9.95. The number of esters is 1. The number of hydrogen-bond acceptors (Lipinski definition) is 9. The van der Waals surface area contributed by atoms with E-state index in [2.05, 4.69) is 23.9 Å². The van der Waals surface area contributed by atoms with Crippen molar-refractivity contribution in [2.24, 2.45) is 0 Å². The topological polar surface area (TPSA) is 96.1 Å². The summed E-state index contributed by atoms with van der Waals surface area (Å²) < 4.78 is 43.1. The van der Waals surface area contributed by atoms with Gasteiger partial charge in [0.25, 0.3) is 5.79 Å². The van der Waals surface area contributed by atoms with Crippen LogP contribution in [0.5, 0.6) is 11.5 Å². The van der Waals surface area contributed by atoms with E-state index < -0.39 is 17.6 Å². The van der Waals surface area contributed by atoms with Crippen LogP contribution >= 0.6 is 23.2 Å². The van der Waals surface area contributed by atoms with Crippen LogP contribution in [0.2, 0.25) is 10.0 Å². The van der Waals surface area contributed by atoms with Gasteiger partial charge in [0.15, 0.2) is 11.5 Å². The number of halogens is 3. The largest absolute Gasteiger partial charge is 0.465 e. The van der Waals surface area contributed by atoms with Gasteiger partial charge in [-0.25, -0.2) is 19.2 Å². The second kappa shape index (κ2) is 12.8. The zero-order valence-corrected chi connectivity index (χ0v) is 29.2. The van der Waals surface area contributed by atoms with Gasteiger partial charge in [-0.15, -0.1) is 0 Å². The molecule has 2 fully saturated rings. The van der Waals surface area contributed by atoms with Crippen LogP contribution in [0.15, 0.2) is 60.9 Å². The molecule has 3 aliphatic rings. The first-order valence-electron chi connectivity index (χ1n) is 16.4. The van der Waals surface area contributed by atoms with Gasteiger partial charge in [-0.05, 0) is 49.4 Å². The van der Waals surface area contributed by atoms with Gasteiger partial charge in [0.05, 0.1) is 66.3 Å². The average Bonchev–Trinajstić information content (AvgIpc) is 3.89. The molecule has 2 saturated heterocycles. The Kier molecular flexibility index (Phi) is 8.37. The van der Waals surface area contributed by atoms with Gasteiger partial charge in [0.1, 0.15) is 23.0 Å². The number of rotatable bonds is 8. The summed E-state index contributed by atoms with van der Waals surface area (Å²) in [6.45, 7) is 7.93. The van der Waals surface area contributed by atoms with Crippen LogP contribution in [0.25, 0.3) is 11.0 Å². The number of fused-ring (bicyclic) bond motifs is 3. The molecule has 0 bridgehead atoms. The fourth-order valence-electron chi connectivity index (χ4n) is 7.41. The second-order valence-corrected chi connectivity index (χ2v) is 13.7. The van der Waals surface area contributed by atoms with Gasteiger partial charge in [-0.1, -0.05) is 29.3 Å². The molecular weight excluding hydrogens is 686 g/mol. The van der Waals surface area contributed by atoms with Gasteiger partial charge in [-0.3, -0.25) is 4.90 Å². The lowest BCUT2D eigenvalue weighted by molar-refractivity contribution is -0.0705. The predicted molar refractivity (Wildman–Crippen MR) is 186 cm³/mol. The van der Waals surface area contributed by atoms with Crippen molar-refractivity contribution in [2.75, 3.05) is 38.3 Å². The second-order valence-electron chi connectivity index (χ2n) is 12.9. The molecule has 5 aromatic rings. The van der Waals surface area contributed by atoms with Gasteiger partial charge < -0.3 is 33.0 Å². The molecule has 0 amide bonds. The third-order valence-corrected chi connectivity index (χ3v) is 10.5. The molecule has 3 aliphatic heterocycles. The van der Waals surface area contributed by atoms with Crippen LogP contribution in [0.4, 0.5) is 10.1 Å². The Morgan fingerprint density at radius 2 is 1.92 bits per heavy atom. The van der Waals surface area contributed by atoms with Crippen LogP contribution < -0.4 is 14.4 Å². The number of ether oxygens (including phenoxy) is 4. The Labute approximate surface area is 298 Å². The summed E-state index contributed by atoms with van der Waals surface area (Å²) in [5.41, 5.74) is 2.89. The maximum absolute atomic E-state index is 15.0. The number of anilines is 1. The van der Waals surface area contributed by atoms with Crippen molar-refractivity contribution < 1.29 is 28.1 Å². The number of para-hydroxylation sites is 1. The molecular formula is C36H35Cl2FN6O5. The van der Waals surface area contributed by atoms with E-state index in [0.29, 0.717) is 78.6 Å². The normalized spacial score (nSPS) is 21.6. The Balaban J connectivity index is 1.08. The number of piperazine rings is 1. The summed E-state index contributed by atoms with van der Waals surface area (Å²) in [5, 5.41) is 0.688. The lowest BCUT2D eigenvalue weighted by Gasteiger charge is -2.44. The first-order chi connectivity index (χ1) is 24.1. The SMILES string of the molecule is COC(=O)c1cc(Cl)c2nc(CN3CCN(c4cccc5c4O[C@@](C)(c4ccc(Cl)cc4F)O5)[C@@H]4COC[C@@H]43)n(CCn3ccnc3C)c2c1. The molecule has 260 valence electrons. The zero-order valence-electron chi connectivity index (χ0n) is 27.7. The summed E-state index contributed by atoms with van der Waals surface area (Å²) in [7, 11) is 1.35. The van der Waals surface area contributed by atoms with E-state index in [1.54, 1.807) is 37.4 Å². The zero-order chi connectivity index (χ0) is 34.7. The molecule has 0 aliphatic carbocycles. The van der Waals surface area contributed by atoms with E-state index in [9.17, 15) is 4.79 Å². The highest BCUT2D eigenvalue weighted by Gasteiger charge is 2.46. The molecule has 0 radical (unpaired) electrons. The lowest BCUT2D eigenvalue weighted by atomic mass is 10.0. The lowest BCUT2D eigenvalue weighted by Crippen LogP contribution is -2.59. The summed E-state index contributed by atoms with van der Waals surface area (Å²) in [6.07, 6.45) is 3.73. The van der Waals surface area contributed by atoms with E-state index >= 15 is 4.39 Å². The Bertz CT molecular complexity index is 2120. The molecule has 0 unspecified atom stereocenters. The number of hydrogen-bond donors (Lipinski definition) is 0. The average molecular weight is 722 g/mol. The highest BCUT2D eigenvalue weighted by atomic mass is 35.5. The van der Waals surface area contributed by atoms with E-state index in [-0.39, 0.29) is 17.6 Å². The van der Waals surface area contributed by atoms with Crippen LogP contribution in [0.1, 0.15) is 34.5 Å². The highest BCUT2D eigenvalue weighted by Crippen LogP contribution is 2.51. The van der Waals surface area contributed by atoms with Gasteiger partial charge in [-0.2, -0.15) is 0 Å². The van der Waals surface area contributed by atoms with Crippen molar-refractivity contribution >= 4 is 45.9 Å². The molecule has 3 aromatic carbocycles. The molecule has 50 heavy (non-hydrogen) atoms. The molecule has 3 atom stereocenters. The number of methoxy groups -OCH3 is 1. The van der Waals surface area contributed by atoms with Crippen LogP contribution in [-0.4, -0.2) is 75.5 Å². The predicted octanol–water partition coefficient (Wildman–Crippen LogP) is 6.21. The Hall–Kier alpha value is -4.36. The quantitative estimate of drug-likeness (QED) is 0.174. The standard InChI is InChI=1S/C36H35Cl2FN6O5/c1-21-40-9-10-42(21)11-14-45-28-16-22(35(46)47-3)15-25(38)33(28)41-32(45)18-43-12-13-44(30-20-48-19-29(30)43)27-5-4-6-31-34(27)50-36(2,49-31)24-8-7-23(37)17-26(24)39/h4-10,15-17,29-30H,11-14,18-20H2,1-3H3/t29-,30+,36-/m0/s1. The van der Waals surface area contributed by atoms with Crippen LogP contribution in [0, 0.1) is 12.7 Å². The summed E-state index contributed by atoms with van der Waals surface area (Å²) >= 11 is 12.8. The minimum atomic E-state index is -1.36. The van der Waals surface area contributed by atoms with E-state index in [0.717, 1.165) is 22.9 Å². The molecule has 0 saturated carbocycles. The van der Waals surface area contributed by atoms with Crippen molar-refractivity contribution in [3.8, 4) is 11.5 Å². The molecule has 5 heterocycles. The van der Waals surface area contributed by atoms with Crippen LogP contribution in [0.3, 0.4) is 0 Å². The van der Waals surface area contributed by atoms with Crippen LogP contribution in [-0.2, 0) is 34.9 Å². The molecule has 0 spiro atoms. The number of nitrogens with zero attached hydrogens (tertiary/aromatic N) is 6. The van der Waals surface area contributed by atoms with Gasteiger partial charge in [0, 0.05) is 50.5 Å². The van der Waals surface area contributed by atoms with Crippen molar-refractivity contribution in [3.63, 3.8) is 0 Å². The van der Waals surface area contributed by atoms with E-state index in [4.69, 9.17) is 47.1 Å². The number of aromatic nitrogens is 4. The maximum atomic E-state index is 15.0. The fraction of sp³-hybridized carbons (Fsp3) is 0.361. The first-order valence-corrected chi connectivity index (χ1v) is 17.2. The molecule has 0 N–H and O–H groups in total. The number of aryl methyl sites for hydroxylation is 3. The van der Waals surface area contributed by atoms with Gasteiger partial charge >= 0.3 is 5.97 Å². The van der Waals surface area contributed by atoms with Gasteiger partial charge in [0.2, 0.25) is 0 Å².